The average molecular weight is 595 g/mol. The van der Waals surface area contributed by atoms with Crippen molar-refractivity contribution < 1.29 is 69.0 Å². The number of benzene rings is 2. The Balaban J connectivity index is 1.37. The van der Waals surface area contributed by atoms with Crippen LogP contribution in [0.15, 0.2) is 45.6 Å². The molecule has 3 aromatic rings. The zero-order valence-corrected chi connectivity index (χ0v) is 22.0. The first-order valence-corrected chi connectivity index (χ1v) is 12.8. The van der Waals surface area contributed by atoms with Crippen molar-refractivity contribution in [2.24, 2.45) is 0 Å². The molecule has 2 aromatic carbocycles. The Hall–Kier alpha value is -3.51. The second-order valence-electron chi connectivity index (χ2n) is 9.85. The molecule has 2 fully saturated rings. The van der Waals surface area contributed by atoms with Gasteiger partial charge in [0.25, 0.3) is 0 Å². The summed E-state index contributed by atoms with van der Waals surface area (Å²) >= 11 is 0. The number of hydrogen-bond donors (Lipinski definition) is 8. The van der Waals surface area contributed by atoms with Crippen molar-refractivity contribution in [2.75, 3.05) is 20.3 Å². The molecule has 15 nitrogen and oxygen atoms in total. The molecular weight excluding hydrogens is 564 g/mol. The first kappa shape index (κ1) is 30.0. The normalized spacial score (nSPS) is 31.4. The van der Waals surface area contributed by atoms with Crippen LogP contribution in [-0.4, -0.2) is 116 Å². The molecular formula is C27H30O15. The maximum absolute atomic E-state index is 12.8. The quantitative estimate of drug-likeness (QED) is 0.148. The van der Waals surface area contributed by atoms with Gasteiger partial charge in [-0.25, -0.2) is 0 Å². The minimum absolute atomic E-state index is 0.0805. The number of aliphatic hydroxyl groups is 6. The summed E-state index contributed by atoms with van der Waals surface area (Å²) in [6, 6.07) is 7.75. The zero-order chi connectivity index (χ0) is 30.3. The molecule has 0 radical (unpaired) electrons. The van der Waals surface area contributed by atoms with Gasteiger partial charge in [-0.1, -0.05) is 0 Å². The molecule has 2 aliphatic heterocycles. The van der Waals surface area contributed by atoms with Crippen LogP contribution in [0.2, 0.25) is 0 Å². The predicted molar refractivity (Wildman–Crippen MR) is 139 cm³/mol. The number of phenols is 2. The van der Waals surface area contributed by atoms with Gasteiger partial charge in [0.1, 0.15) is 71.0 Å². The van der Waals surface area contributed by atoms with E-state index in [0.29, 0.717) is 5.56 Å². The van der Waals surface area contributed by atoms with E-state index in [1.54, 1.807) is 0 Å². The van der Waals surface area contributed by atoms with Gasteiger partial charge in [0.15, 0.2) is 23.2 Å². The Morgan fingerprint density at radius 3 is 2.19 bits per heavy atom. The molecule has 3 heterocycles. The lowest BCUT2D eigenvalue weighted by Crippen LogP contribution is -2.60. The van der Waals surface area contributed by atoms with Crippen molar-refractivity contribution in [3.05, 3.63) is 46.6 Å². The maximum atomic E-state index is 12.8. The van der Waals surface area contributed by atoms with Gasteiger partial charge >= 0.3 is 0 Å². The van der Waals surface area contributed by atoms with Crippen molar-refractivity contribution in [3.8, 4) is 34.3 Å². The minimum Gasteiger partial charge on any atom is -0.507 e. The molecule has 9 unspecified atom stereocenters. The molecule has 1 aromatic heterocycles. The van der Waals surface area contributed by atoms with Gasteiger partial charge in [0, 0.05) is 23.8 Å². The van der Waals surface area contributed by atoms with E-state index >= 15 is 0 Å². The number of methoxy groups -OCH3 is 1. The molecule has 8 N–H and O–H groups in total. The highest BCUT2D eigenvalue weighted by Gasteiger charge is 2.47. The summed E-state index contributed by atoms with van der Waals surface area (Å²) in [5.74, 6) is -0.563. The maximum Gasteiger partial charge on any atom is 0.229 e. The zero-order valence-electron chi connectivity index (χ0n) is 22.0. The van der Waals surface area contributed by atoms with Gasteiger partial charge in [0.05, 0.1) is 20.3 Å². The van der Waals surface area contributed by atoms with Crippen LogP contribution in [0.1, 0.15) is 0 Å². The van der Waals surface area contributed by atoms with E-state index in [-0.39, 0.29) is 34.0 Å². The van der Waals surface area contributed by atoms with Crippen molar-refractivity contribution in [1.29, 1.82) is 0 Å². The second-order valence-corrected chi connectivity index (χ2v) is 9.85. The molecule has 0 spiro atoms. The van der Waals surface area contributed by atoms with Crippen LogP contribution in [-0.2, 0) is 14.2 Å². The lowest BCUT2D eigenvalue weighted by atomic mass is 9.99. The Bertz CT molecular complexity index is 1470. The Morgan fingerprint density at radius 2 is 1.50 bits per heavy atom. The van der Waals surface area contributed by atoms with Crippen LogP contribution < -0.4 is 14.9 Å². The number of aromatic hydroxyl groups is 2. The highest BCUT2D eigenvalue weighted by atomic mass is 16.7. The molecule has 15 heteroatoms. The summed E-state index contributed by atoms with van der Waals surface area (Å²) < 4.78 is 32.8. The van der Waals surface area contributed by atoms with Gasteiger partial charge in [-0.15, -0.1) is 0 Å². The summed E-state index contributed by atoms with van der Waals surface area (Å²) in [5.41, 5.74) is -0.304. The molecule has 2 aliphatic rings. The van der Waals surface area contributed by atoms with Crippen molar-refractivity contribution in [2.45, 2.75) is 55.3 Å². The van der Waals surface area contributed by atoms with Crippen LogP contribution >= 0.6 is 0 Å². The third kappa shape index (κ3) is 5.61. The predicted octanol–water partition coefficient (Wildman–Crippen LogP) is -1.48. The van der Waals surface area contributed by atoms with Crippen molar-refractivity contribution >= 4 is 11.0 Å². The summed E-state index contributed by atoms with van der Waals surface area (Å²) in [7, 11) is 1.36. The Labute approximate surface area is 236 Å². The number of ether oxygens (including phenoxy) is 5. The molecule has 0 amide bonds. The SMILES string of the molecule is COc1cc(-c2cc(=O)c3c(O)cc(OC4OC(COC5OC(CO)C(O)C5O)C(O)C(O)C4O)cc3o2)ccc1O. The van der Waals surface area contributed by atoms with Gasteiger partial charge in [0.2, 0.25) is 6.29 Å². The highest BCUT2D eigenvalue weighted by Crippen LogP contribution is 2.35. The van der Waals surface area contributed by atoms with Crippen LogP contribution in [0.25, 0.3) is 22.3 Å². The number of hydrogen-bond acceptors (Lipinski definition) is 15. The van der Waals surface area contributed by atoms with E-state index in [1.807, 2.05) is 0 Å². The fourth-order valence-corrected chi connectivity index (χ4v) is 4.76. The van der Waals surface area contributed by atoms with Crippen LogP contribution in [0, 0.1) is 0 Å². The molecule has 0 aliphatic carbocycles. The summed E-state index contributed by atoms with van der Waals surface area (Å²) in [5, 5.41) is 80.8. The third-order valence-electron chi connectivity index (χ3n) is 7.09. The van der Waals surface area contributed by atoms with E-state index in [0.717, 1.165) is 12.1 Å². The number of aliphatic hydroxyl groups excluding tert-OH is 6. The van der Waals surface area contributed by atoms with Crippen LogP contribution in [0.5, 0.6) is 23.0 Å². The molecule has 228 valence electrons. The number of phenolic OH excluding ortho intramolecular Hbond substituents is 2. The lowest BCUT2D eigenvalue weighted by molar-refractivity contribution is -0.290. The monoisotopic (exact) mass is 594 g/mol. The Kier molecular flexibility index (Phi) is 8.56. The molecule has 42 heavy (non-hydrogen) atoms. The van der Waals surface area contributed by atoms with E-state index in [4.69, 9.17) is 28.1 Å². The van der Waals surface area contributed by atoms with E-state index in [9.17, 15) is 45.6 Å². The lowest BCUT2D eigenvalue weighted by Gasteiger charge is -2.40. The number of rotatable bonds is 8. The van der Waals surface area contributed by atoms with Crippen LogP contribution in [0.4, 0.5) is 0 Å². The topological polar surface area (TPSA) is 238 Å². The van der Waals surface area contributed by atoms with Crippen molar-refractivity contribution in [1.82, 2.24) is 0 Å². The summed E-state index contributed by atoms with van der Waals surface area (Å²) in [6.45, 7) is -1.07. The van der Waals surface area contributed by atoms with Gasteiger partial charge in [-0.05, 0) is 18.2 Å². The molecule has 0 saturated carbocycles. The summed E-state index contributed by atoms with van der Waals surface area (Å²) in [4.78, 5) is 12.8. The fraction of sp³-hybridized carbons (Fsp3) is 0.444. The van der Waals surface area contributed by atoms with Gasteiger partial charge in [-0.2, -0.15) is 0 Å². The largest absolute Gasteiger partial charge is 0.507 e. The van der Waals surface area contributed by atoms with E-state index in [2.05, 4.69) is 0 Å². The minimum atomic E-state index is -1.77. The molecule has 9 atom stereocenters. The van der Waals surface area contributed by atoms with Gasteiger partial charge in [-0.3, -0.25) is 4.79 Å². The Morgan fingerprint density at radius 1 is 0.810 bits per heavy atom. The van der Waals surface area contributed by atoms with Gasteiger partial charge < -0.3 is 69.0 Å². The highest BCUT2D eigenvalue weighted by molar-refractivity contribution is 5.86. The second kappa shape index (κ2) is 12.0. The molecule has 2 saturated heterocycles. The van der Waals surface area contributed by atoms with E-state index in [1.165, 1.54) is 31.4 Å². The smallest absolute Gasteiger partial charge is 0.229 e. The standard InChI is InChI=1S/C27H30O15/c1-37-16-4-10(2-3-12(16)29)15-7-14(31)20-13(30)5-11(6-17(20)40-15)39-27-25(36)23(34)22(33)19(42-27)9-38-26-24(35)21(32)18(8-28)41-26/h2-7,18-19,21-30,32-36H,8-9H2,1H3. The molecule has 0 bridgehead atoms. The molecule has 5 rings (SSSR count). The third-order valence-corrected chi connectivity index (χ3v) is 7.09. The average Bonchev–Trinajstić information content (AvgIpc) is 3.24. The van der Waals surface area contributed by atoms with E-state index < -0.39 is 79.7 Å². The first-order valence-electron chi connectivity index (χ1n) is 12.8. The summed E-state index contributed by atoms with van der Waals surface area (Å²) in [6.07, 6.45) is -13.5. The first-order chi connectivity index (χ1) is 20.0. The number of fused-ring (bicyclic) bond motifs is 1. The van der Waals surface area contributed by atoms with Crippen molar-refractivity contribution in [3.63, 3.8) is 0 Å². The van der Waals surface area contributed by atoms with Crippen LogP contribution in [0.3, 0.4) is 0 Å². The fourth-order valence-electron chi connectivity index (χ4n) is 4.76.